The van der Waals surface area contributed by atoms with Crippen LogP contribution in [-0.2, 0) is 4.65 Å². The zero-order valence-corrected chi connectivity index (χ0v) is 8.83. The molecule has 0 aliphatic carbocycles. The van der Waals surface area contributed by atoms with Gasteiger partial charge in [0.15, 0.2) is 0 Å². The minimum atomic E-state index is -1.60. The van der Waals surface area contributed by atoms with Gasteiger partial charge in [0.1, 0.15) is 0 Å². The summed E-state index contributed by atoms with van der Waals surface area (Å²) in [7, 11) is -1.60. The Balaban J connectivity index is -0.000000605. The van der Waals surface area contributed by atoms with Crippen LogP contribution in [0.25, 0.3) is 0 Å². The summed E-state index contributed by atoms with van der Waals surface area (Å²) in [5, 5.41) is 16.7. The molecule has 0 unspecified atom stereocenters. The quantitative estimate of drug-likeness (QED) is 0.353. The maximum atomic E-state index is 8.33. The summed E-state index contributed by atoms with van der Waals surface area (Å²) in [6.07, 6.45) is 7.08. The second-order valence-corrected chi connectivity index (χ2v) is 2.96. The van der Waals surface area contributed by atoms with Gasteiger partial charge in [0.05, 0.1) is 0 Å². The van der Waals surface area contributed by atoms with Crippen LogP contribution in [0.4, 0.5) is 0 Å². The average Bonchev–Trinajstić information content (AvgIpc) is 2.02. The molecule has 0 rings (SSSR count). The summed E-state index contributed by atoms with van der Waals surface area (Å²) in [5.41, 5.74) is 0. The first-order valence-corrected chi connectivity index (χ1v) is 4.75. The van der Waals surface area contributed by atoms with E-state index in [1.54, 1.807) is 0 Å². The van der Waals surface area contributed by atoms with Crippen molar-refractivity contribution in [2.45, 2.75) is 45.4 Å². The van der Waals surface area contributed by atoms with Gasteiger partial charge in [-0.2, -0.15) is 0 Å². The molecule has 74 valence electrons. The van der Waals surface area contributed by atoms with Crippen LogP contribution in [0.1, 0.15) is 46.9 Å². The van der Waals surface area contributed by atoms with E-state index in [-0.39, 0.29) is 20.3 Å². The molecule has 0 saturated heterocycles. The SMILES string of the molecule is CCCCCCCCOB(O)O.[H-].[Li+]. The molecule has 0 bridgehead atoms. The van der Waals surface area contributed by atoms with Crippen molar-refractivity contribution in [3.8, 4) is 0 Å². The van der Waals surface area contributed by atoms with E-state index in [0.29, 0.717) is 6.61 Å². The van der Waals surface area contributed by atoms with E-state index in [1.165, 1.54) is 25.7 Å². The molecule has 3 nitrogen and oxygen atoms in total. The molecule has 0 heterocycles. The van der Waals surface area contributed by atoms with E-state index in [4.69, 9.17) is 10.0 Å². The largest absolute Gasteiger partial charge is 1.00 e. The molecule has 0 spiro atoms. The van der Waals surface area contributed by atoms with Gasteiger partial charge >= 0.3 is 26.2 Å². The monoisotopic (exact) mass is 182 g/mol. The minimum absolute atomic E-state index is 0. The molecule has 0 aromatic heterocycles. The fraction of sp³-hybridized carbons (Fsp3) is 1.00. The van der Waals surface area contributed by atoms with Crippen LogP contribution in [0.2, 0.25) is 0 Å². The van der Waals surface area contributed by atoms with Gasteiger partial charge in [0.25, 0.3) is 0 Å². The Morgan fingerprint density at radius 2 is 1.62 bits per heavy atom. The predicted molar refractivity (Wildman–Crippen MR) is 50.6 cm³/mol. The molecule has 5 heteroatoms. The van der Waals surface area contributed by atoms with Gasteiger partial charge in [-0.3, -0.25) is 0 Å². The number of rotatable bonds is 8. The van der Waals surface area contributed by atoms with Crippen LogP contribution in [0.3, 0.4) is 0 Å². The van der Waals surface area contributed by atoms with E-state index in [0.717, 1.165) is 12.8 Å². The van der Waals surface area contributed by atoms with Crippen molar-refractivity contribution in [2.75, 3.05) is 6.61 Å². The van der Waals surface area contributed by atoms with Gasteiger partial charge in [-0.25, -0.2) is 0 Å². The Kier molecular flexibility index (Phi) is 15.4. The second-order valence-electron chi connectivity index (χ2n) is 2.96. The van der Waals surface area contributed by atoms with Crippen molar-refractivity contribution < 1.29 is 35.0 Å². The fourth-order valence-electron chi connectivity index (χ4n) is 1.07. The van der Waals surface area contributed by atoms with Crippen molar-refractivity contribution in [3.63, 3.8) is 0 Å². The third-order valence-electron chi connectivity index (χ3n) is 1.76. The first-order chi connectivity index (χ1) is 5.77. The molecule has 0 aromatic rings. The fourth-order valence-corrected chi connectivity index (χ4v) is 1.07. The van der Waals surface area contributed by atoms with Gasteiger partial charge in [0.2, 0.25) is 0 Å². The molecule has 0 aliphatic rings. The minimum Gasteiger partial charge on any atom is -1.00 e. The smallest absolute Gasteiger partial charge is 1.00 e. The number of hydrogen-bond acceptors (Lipinski definition) is 3. The van der Waals surface area contributed by atoms with Gasteiger partial charge in [-0.05, 0) is 6.42 Å². The first-order valence-electron chi connectivity index (χ1n) is 4.75. The average molecular weight is 182 g/mol. The molecule has 0 radical (unpaired) electrons. The van der Waals surface area contributed by atoms with Crippen LogP contribution < -0.4 is 18.9 Å². The van der Waals surface area contributed by atoms with E-state index in [1.807, 2.05) is 0 Å². The zero-order valence-electron chi connectivity index (χ0n) is 9.83. The Morgan fingerprint density at radius 1 is 1.08 bits per heavy atom. The third-order valence-corrected chi connectivity index (χ3v) is 1.76. The van der Waals surface area contributed by atoms with E-state index < -0.39 is 7.32 Å². The Bertz CT molecular complexity index is 98.7. The molecule has 2 N–H and O–H groups in total. The topological polar surface area (TPSA) is 49.7 Å². The molecule has 0 fully saturated rings. The zero-order chi connectivity index (χ0) is 9.23. The van der Waals surface area contributed by atoms with Gasteiger partial charge in [-0.15, -0.1) is 0 Å². The van der Waals surface area contributed by atoms with Gasteiger partial charge in [-0.1, -0.05) is 39.0 Å². The maximum Gasteiger partial charge on any atom is 1.00 e. The molecule has 0 aliphatic heterocycles. The summed E-state index contributed by atoms with van der Waals surface area (Å²) in [6.45, 7) is 2.63. The van der Waals surface area contributed by atoms with E-state index in [2.05, 4.69) is 11.6 Å². The summed E-state index contributed by atoms with van der Waals surface area (Å²) >= 11 is 0. The second kappa shape index (κ2) is 12.5. The first kappa shape index (κ1) is 16.0. The van der Waals surface area contributed by atoms with Crippen molar-refractivity contribution in [3.05, 3.63) is 0 Å². The van der Waals surface area contributed by atoms with Crippen LogP contribution in [0.15, 0.2) is 0 Å². The van der Waals surface area contributed by atoms with Crippen molar-refractivity contribution in [1.82, 2.24) is 0 Å². The summed E-state index contributed by atoms with van der Waals surface area (Å²) < 4.78 is 4.56. The van der Waals surface area contributed by atoms with Crippen LogP contribution in [0.5, 0.6) is 0 Å². The normalized spacial score (nSPS) is 9.46. The van der Waals surface area contributed by atoms with E-state index in [9.17, 15) is 0 Å². The standard InChI is InChI=1S/C8H19BO3.Li.H/c1-2-3-4-5-6-7-8-12-9(10)11;;/h10-11H,2-8H2,1H3;;/q;+1;-1. The summed E-state index contributed by atoms with van der Waals surface area (Å²) in [5.74, 6) is 0. The Morgan fingerprint density at radius 3 is 2.15 bits per heavy atom. The van der Waals surface area contributed by atoms with Crippen molar-refractivity contribution >= 4 is 7.32 Å². The molecule has 13 heavy (non-hydrogen) atoms. The molecular weight excluding hydrogens is 162 g/mol. The van der Waals surface area contributed by atoms with E-state index >= 15 is 0 Å². The summed E-state index contributed by atoms with van der Waals surface area (Å²) in [6, 6.07) is 0. The third kappa shape index (κ3) is 15.3. The molecule has 0 aromatic carbocycles. The molecule has 0 saturated carbocycles. The van der Waals surface area contributed by atoms with Crippen LogP contribution in [-0.4, -0.2) is 24.0 Å². The predicted octanol–water partition coefficient (Wildman–Crippen LogP) is -1.55. The van der Waals surface area contributed by atoms with Gasteiger partial charge in [0, 0.05) is 6.61 Å². The number of hydrogen-bond donors (Lipinski definition) is 2. The molecule has 0 atom stereocenters. The molecular formula is C8H20BLiO3. The van der Waals surface area contributed by atoms with Crippen LogP contribution >= 0.6 is 0 Å². The molecule has 0 amide bonds. The summed E-state index contributed by atoms with van der Waals surface area (Å²) in [4.78, 5) is 0. The van der Waals surface area contributed by atoms with Crippen molar-refractivity contribution in [2.24, 2.45) is 0 Å². The maximum absolute atomic E-state index is 8.33. The Labute approximate surface area is 94.7 Å². The van der Waals surface area contributed by atoms with Gasteiger partial charge < -0.3 is 16.1 Å². The van der Waals surface area contributed by atoms with Crippen LogP contribution in [0, 0.1) is 0 Å². The van der Waals surface area contributed by atoms with Crippen molar-refractivity contribution in [1.29, 1.82) is 0 Å². The Hall–Kier alpha value is 0.542. The number of unbranched alkanes of at least 4 members (excludes halogenated alkanes) is 5.